The Morgan fingerprint density at radius 3 is 2.39 bits per heavy atom. The van der Waals surface area contributed by atoms with Gasteiger partial charge >= 0.3 is 0 Å². The molecule has 0 N–H and O–H groups in total. The molecule has 0 radical (unpaired) electrons. The van der Waals surface area contributed by atoms with Gasteiger partial charge in [-0.3, -0.25) is 34.0 Å². The number of likely N-dealkylation sites (N-methyl/N-ethyl adjacent to an activating group) is 1. The molecule has 0 saturated carbocycles. The smallest absolute Gasteiger partial charge is 0.241 e. The maximum Gasteiger partial charge on any atom is 0.241 e. The van der Waals surface area contributed by atoms with Crippen LogP contribution in [0.3, 0.4) is 0 Å². The Balaban J connectivity index is 1.54. The molecule has 0 spiro atoms. The van der Waals surface area contributed by atoms with E-state index in [-0.39, 0.29) is 43.0 Å². The highest BCUT2D eigenvalue weighted by Gasteiger charge is 2.54. The number of aryl methyl sites for hydroxylation is 1. The highest BCUT2D eigenvalue weighted by Crippen LogP contribution is 2.42. The molecule has 9 heteroatoms. The summed E-state index contributed by atoms with van der Waals surface area (Å²) in [6.07, 6.45) is 3.17. The molecule has 0 bridgehead atoms. The van der Waals surface area contributed by atoms with Crippen molar-refractivity contribution in [1.29, 1.82) is 0 Å². The zero-order valence-corrected chi connectivity index (χ0v) is 21.1. The van der Waals surface area contributed by atoms with Crippen molar-refractivity contribution in [3.8, 4) is 0 Å². The fraction of sp³-hybridized carbons (Fsp3) is 0.444. The Labute approximate surface area is 211 Å². The van der Waals surface area contributed by atoms with E-state index >= 15 is 0 Å². The molecule has 0 unspecified atom stereocenters. The van der Waals surface area contributed by atoms with E-state index < -0.39 is 5.41 Å². The topological polar surface area (TPSA) is 94.1 Å². The van der Waals surface area contributed by atoms with Gasteiger partial charge in [0, 0.05) is 65.5 Å². The summed E-state index contributed by atoms with van der Waals surface area (Å²) in [4.78, 5) is 63.4. The predicted octanol–water partition coefficient (Wildman–Crippen LogP) is 1.21. The monoisotopic (exact) mass is 491 g/mol. The summed E-state index contributed by atoms with van der Waals surface area (Å²) in [6, 6.07) is 11.1. The molecule has 2 fully saturated rings. The Bertz CT molecular complexity index is 1140. The van der Waals surface area contributed by atoms with Crippen molar-refractivity contribution in [3.05, 3.63) is 65.5 Å². The molecule has 9 nitrogen and oxygen atoms in total. The molecule has 2 aliphatic rings. The lowest BCUT2D eigenvalue weighted by Gasteiger charge is -2.37. The van der Waals surface area contributed by atoms with Gasteiger partial charge in [-0.2, -0.15) is 0 Å². The Kier molecular flexibility index (Phi) is 7.49. The average molecular weight is 492 g/mol. The van der Waals surface area contributed by atoms with Crippen molar-refractivity contribution in [3.63, 3.8) is 0 Å². The number of nitrogens with zero attached hydrogens (tertiary/aromatic N) is 5. The molecule has 0 aliphatic carbocycles. The summed E-state index contributed by atoms with van der Waals surface area (Å²) in [5.74, 6) is -0.751. The Morgan fingerprint density at radius 1 is 1.03 bits per heavy atom. The van der Waals surface area contributed by atoms with E-state index in [0.717, 1.165) is 16.7 Å². The highest BCUT2D eigenvalue weighted by molar-refractivity contribution is 6.10. The standard InChI is InChI=1S/C27H33N5O4/c1-20-7-4-5-9-22(20)27(16-24(34)32(26(27)36)18-21-8-6-10-28-17-21)15-23(33)31-13-11-30(12-14-31)19-25(35)29(2)3/h4-10,17H,11-16,18-19H2,1-3H3/t27-/m1/s1. The maximum absolute atomic E-state index is 13.9. The van der Waals surface area contributed by atoms with Gasteiger partial charge in [0.15, 0.2) is 0 Å². The number of hydrogen-bond acceptors (Lipinski definition) is 6. The van der Waals surface area contributed by atoms with Crippen LogP contribution in [-0.2, 0) is 31.1 Å². The first-order chi connectivity index (χ1) is 17.2. The van der Waals surface area contributed by atoms with Crippen LogP contribution in [0.15, 0.2) is 48.8 Å². The van der Waals surface area contributed by atoms with E-state index in [1.54, 1.807) is 42.4 Å². The first-order valence-electron chi connectivity index (χ1n) is 12.2. The zero-order valence-electron chi connectivity index (χ0n) is 21.1. The van der Waals surface area contributed by atoms with E-state index in [1.165, 1.54) is 4.90 Å². The minimum Gasteiger partial charge on any atom is -0.348 e. The summed E-state index contributed by atoms with van der Waals surface area (Å²) >= 11 is 0. The molecule has 3 heterocycles. The molecule has 4 rings (SSSR count). The first kappa shape index (κ1) is 25.5. The third-order valence-corrected chi connectivity index (χ3v) is 7.17. The van der Waals surface area contributed by atoms with Gasteiger partial charge < -0.3 is 9.80 Å². The SMILES string of the molecule is Cc1ccccc1[C@@]1(CC(=O)N2CCN(CC(=O)N(C)C)CC2)CC(=O)N(Cc2cccnc2)C1=O. The number of piperazine rings is 1. The van der Waals surface area contributed by atoms with Crippen molar-refractivity contribution >= 4 is 23.6 Å². The number of carbonyl (C=O) groups excluding carboxylic acids is 4. The predicted molar refractivity (Wildman–Crippen MR) is 134 cm³/mol. The van der Waals surface area contributed by atoms with E-state index in [9.17, 15) is 19.2 Å². The van der Waals surface area contributed by atoms with Crippen LogP contribution in [0.2, 0.25) is 0 Å². The molecule has 2 saturated heterocycles. The van der Waals surface area contributed by atoms with Crippen LogP contribution in [-0.4, -0.2) is 95.0 Å². The average Bonchev–Trinajstić information content (AvgIpc) is 3.10. The molecule has 4 amide bonds. The fourth-order valence-electron chi connectivity index (χ4n) is 5.05. The first-order valence-corrected chi connectivity index (χ1v) is 12.2. The van der Waals surface area contributed by atoms with Crippen molar-refractivity contribution in [2.45, 2.75) is 31.7 Å². The van der Waals surface area contributed by atoms with Gasteiger partial charge in [0.2, 0.25) is 23.6 Å². The normalized spacial score (nSPS) is 20.6. The van der Waals surface area contributed by atoms with Gasteiger partial charge in [-0.05, 0) is 29.7 Å². The summed E-state index contributed by atoms with van der Waals surface area (Å²) in [6.45, 7) is 4.48. The number of likely N-dealkylation sites (tertiary alicyclic amines) is 1. The van der Waals surface area contributed by atoms with E-state index in [4.69, 9.17) is 0 Å². The largest absolute Gasteiger partial charge is 0.348 e. The second-order valence-corrected chi connectivity index (χ2v) is 9.84. The van der Waals surface area contributed by atoms with Crippen LogP contribution < -0.4 is 0 Å². The van der Waals surface area contributed by atoms with Crippen LogP contribution in [0.5, 0.6) is 0 Å². The lowest BCUT2D eigenvalue weighted by molar-refractivity contribution is -0.144. The minimum absolute atomic E-state index is 0.0251. The molecular formula is C27H33N5O4. The maximum atomic E-state index is 13.9. The van der Waals surface area contributed by atoms with E-state index in [2.05, 4.69) is 4.98 Å². The molecule has 1 atom stereocenters. The van der Waals surface area contributed by atoms with Crippen LogP contribution in [0.1, 0.15) is 29.5 Å². The van der Waals surface area contributed by atoms with E-state index in [1.807, 2.05) is 42.2 Å². The van der Waals surface area contributed by atoms with Gasteiger partial charge in [0.25, 0.3) is 0 Å². The quantitative estimate of drug-likeness (QED) is 0.541. The Hall–Kier alpha value is -3.59. The fourth-order valence-corrected chi connectivity index (χ4v) is 5.05. The van der Waals surface area contributed by atoms with Gasteiger partial charge in [-0.1, -0.05) is 30.3 Å². The lowest BCUT2D eigenvalue weighted by Crippen LogP contribution is -2.52. The van der Waals surface area contributed by atoms with Crippen molar-refractivity contribution in [2.24, 2.45) is 0 Å². The minimum atomic E-state index is -1.24. The van der Waals surface area contributed by atoms with Gasteiger partial charge in [0.05, 0.1) is 18.5 Å². The number of carbonyl (C=O) groups is 4. The summed E-state index contributed by atoms with van der Waals surface area (Å²) in [7, 11) is 3.45. The summed E-state index contributed by atoms with van der Waals surface area (Å²) in [5.41, 5.74) is 1.12. The van der Waals surface area contributed by atoms with Crippen molar-refractivity contribution < 1.29 is 19.2 Å². The number of amides is 4. The van der Waals surface area contributed by atoms with Gasteiger partial charge in [-0.25, -0.2) is 0 Å². The van der Waals surface area contributed by atoms with Crippen LogP contribution in [0.25, 0.3) is 0 Å². The van der Waals surface area contributed by atoms with Crippen molar-refractivity contribution in [1.82, 2.24) is 24.6 Å². The second kappa shape index (κ2) is 10.6. The van der Waals surface area contributed by atoms with Crippen LogP contribution in [0, 0.1) is 6.92 Å². The van der Waals surface area contributed by atoms with Crippen LogP contribution >= 0.6 is 0 Å². The molecule has 190 valence electrons. The van der Waals surface area contributed by atoms with Gasteiger partial charge in [0.1, 0.15) is 0 Å². The number of benzene rings is 1. The zero-order chi connectivity index (χ0) is 25.9. The van der Waals surface area contributed by atoms with Crippen molar-refractivity contribution in [2.75, 3.05) is 46.8 Å². The van der Waals surface area contributed by atoms with Gasteiger partial charge in [-0.15, -0.1) is 0 Å². The summed E-state index contributed by atoms with van der Waals surface area (Å²) in [5, 5.41) is 0. The summed E-state index contributed by atoms with van der Waals surface area (Å²) < 4.78 is 0. The third-order valence-electron chi connectivity index (χ3n) is 7.17. The Morgan fingerprint density at radius 2 is 1.75 bits per heavy atom. The molecular weight excluding hydrogens is 458 g/mol. The third kappa shape index (κ3) is 5.16. The number of imide groups is 1. The number of pyridine rings is 1. The van der Waals surface area contributed by atoms with Crippen LogP contribution in [0.4, 0.5) is 0 Å². The highest BCUT2D eigenvalue weighted by atomic mass is 16.2. The lowest BCUT2D eigenvalue weighted by atomic mass is 9.74. The molecule has 1 aromatic heterocycles. The number of rotatable bonds is 7. The number of hydrogen-bond donors (Lipinski definition) is 0. The second-order valence-electron chi connectivity index (χ2n) is 9.84. The molecule has 1 aromatic carbocycles. The van der Waals surface area contributed by atoms with E-state index in [0.29, 0.717) is 32.7 Å². The molecule has 36 heavy (non-hydrogen) atoms. The number of aromatic nitrogens is 1. The molecule has 2 aromatic rings. The molecule has 2 aliphatic heterocycles.